The molecule has 172 valence electrons. The second-order valence-electron chi connectivity index (χ2n) is 7.40. The number of carbonyl (C=O) groups is 1. The van der Waals surface area contributed by atoms with Crippen molar-refractivity contribution in [1.82, 2.24) is 0 Å². The molecule has 9 heteroatoms. The Balaban J connectivity index is 1.39. The van der Waals surface area contributed by atoms with Gasteiger partial charge in [0.1, 0.15) is 5.75 Å². The highest BCUT2D eigenvalue weighted by Crippen LogP contribution is 2.32. The third-order valence-corrected chi connectivity index (χ3v) is 6.24. The molecule has 0 spiro atoms. The van der Waals surface area contributed by atoms with Crippen molar-refractivity contribution < 1.29 is 27.4 Å². The molecule has 2 N–H and O–H groups in total. The molecule has 1 aliphatic rings. The average Bonchev–Trinajstić information content (AvgIpc) is 3.06. The van der Waals surface area contributed by atoms with Crippen LogP contribution in [-0.4, -0.2) is 33.6 Å². The van der Waals surface area contributed by atoms with Crippen LogP contribution in [0.25, 0.3) is 0 Å². The van der Waals surface area contributed by atoms with Crippen LogP contribution in [0.2, 0.25) is 0 Å². The Kier molecular flexibility index (Phi) is 6.69. The highest BCUT2D eigenvalue weighted by atomic mass is 32.2. The lowest BCUT2D eigenvalue weighted by Gasteiger charge is -2.15. The zero-order chi connectivity index (χ0) is 23.3. The summed E-state index contributed by atoms with van der Waals surface area (Å²) in [5.74, 6) is 1.20. The Bertz CT molecular complexity index is 1210. The van der Waals surface area contributed by atoms with Gasteiger partial charge in [0.15, 0.2) is 17.6 Å². The fraction of sp³-hybridized carbons (Fsp3) is 0.208. The van der Waals surface area contributed by atoms with Crippen molar-refractivity contribution in [3.63, 3.8) is 0 Å². The number of hydrogen-bond donors (Lipinski definition) is 2. The van der Waals surface area contributed by atoms with E-state index in [1.54, 1.807) is 49.4 Å². The molecule has 8 nitrogen and oxygen atoms in total. The predicted octanol–water partition coefficient (Wildman–Crippen LogP) is 4.05. The van der Waals surface area contributed by atoms with Gasteiger partial charge in [0.25, 0.3) is 15.9 Å². The van der Waals surface area contributed by atoms with Crippen molar-refractivity contribution >= 4 is 27.3 Å². The molecule has 3 aromatic rings. The number of sulfonamides is 1. The monoisotopic (exact) mass is 468 g/mol. The SMILES string of the molecule is CC(Oc1ccccc1)C(=O)Nc1ccc(NS(=O)(=O)c2ccc3c(c2)OCCCO3)cc1. The Morgan fingerprint density at radius 2 is 1.58 bits per heavy atom. The van der Waals surface area contributed by atoms with Crippen LogP contribution in [0, 0.1) is 0 Å². The number of anilines is 2. The fourth-order valence-corrected chi connectivity index (χ4v) is 4.22. The summed E-state index contributed by atoms with van der Waals surface area (Å²) >= 11 is 0. The highest BCUT2D eigenvalue weighted by Gasteiger charge is 2.19. The molecule has 0 fully saturated rings. The summed E-state index contributed by atoms with van der Waals surface area (Å²) in [4.78, 5) is 12.5. The number of benzene rings is 3. The first-order valence-corrected chi connectivity index (χ1v) is 11.9. The maximum atomic E-state index is 12.8. The van der Waals surface area contributed by atoms with E-state index in [4.69, 9.17) is 14.2 Å². The number of nitrogens with one attached hydrogen (secondary N) is 2. The molecule has 1 aliphatic heterocycles. The zero-order valence-electron chi connectivity index (χ0n) is 18.0. The Hall–Kier alpha value is -3.72. The van der Waals surface area contributed by atoms with E-state index in [1.807, 2.05) is 18.2 Å². The quantitative estimate of drug-likeness (QED) is 0.542. The summed E-state index contributed by atoms with van der Waals surface area (Å²) in [5, 5.41) is 2.75. The van der Waals surface area contributed by atoms with Gasteiger partial charge in [0.2, 0.25) is 0 Å². The van der Waals surface area contributed by atoms with E-state index in [0.717, 1.165) is 6.42 Å². The van der Waals surface area contributed by atoms with Gasteiger partial charge in [-0.05, 0) is 55.5 Å². The number of amides is 1. The Labute approximate surface area is 192 Å². The second-order valence-corrected chi connectivity index (χ2v) is 9.09. The molecule has 1 unspecified atom stereocenters. The first-order chi connectivity index (χ1) is 15.9. The van der Waals surface area contributed by atoms with Crippen LogP contribution < -0.4 is 24.2 Å². The molecule has 0 saturated carbocycles. The lowest BCUT2D eigenvalue weighted by Crippen LogP contribution is -2.30. The topological polar surface area (TPSA) is 103 Å². The number of fused-ring (bicyclic) bond motifs is 1. The molecule has 1 amide bonds. The molecule has 33 heavy (non-hydrogen) atoms. The fourth-order valence-electron chi connectivity index (χ4n) is 3.15. The highest BCUT2D eigenvalue weighted by molar-refractivity contribution is 7.92. The van der Waals surface area contributed by atoms with Crippen LogP contribution in [0.5, 0.6) is 17.2 Å². The summed E-state index contributed by atoms with van der Waals surface area (Å²) < 4.78 is 44.9. The van der Waals surface area contributed by atoms with Crippen LogP contribution in [0.4, 0.5) is 11.4 Å². The summed E-state index contributed by atoms with van der Waals surface area (Å²) in [5.41, 5.74) is 0.871. The van der Waals surface area contributed by atoms with E-state index in [2.05, 4.69) is 10.0 Å². The molecular formula is C24H24N2O6S. The van der Waals surface area contributed by atoms with E-state index in [-0.39, 0.29) is 10.8 Å². The van der Waals surface area contributed by atoms with Crippen LogP contribution in [0.3, 0.4) is 0 Å². The number of ether oxygens (including phenoxy) is 3. The van der Waals surface area contributed by atoms with Gasteiger partial charge >= 0.3 is 0 Å². The second kappa shape index (κ2) is 9.83. The van der Waals surface area contributed by atoms with Gasteiger partial charge in [0.05, 0.1) is 18.1 Å². The van der Waals surface area contributed by atoms with E-state index >= 15 is 0 Å². The van der Waals surface area contributed by atoms with Gasteiger partial charge in [0, 0.05) is 23.9 Å². The minimum absolute atomic E-state index is 0.0658. The summed E-state index contributed by atoms with van der Waals surface area (Å²) in [7, 11) is -3.84. The number of hydrogen-bond acceptors (Lipinski definition) is 6. The Morgan fingerprint density at radius 3 is 2.30 bits per heavy atom. The van der Waals surface area contributed by atoms with Gasteiger partial charge < -0.3 is 19.5 Å². The van der Waals surface area contributed by atoms with Gasteiger partial charge in [-0.15, -0.1) is 0 Å². The molecule has 0 aromatic heterocycles. The Morgan fingerprint density at radius 1 is 0.909 bits per heavy atom. The van der Waals surface area contributed by atoms with Crippen molar-refractivity contribution in [2.24, 2.45) is 0 Å². The lowest BCUT2D eigenvalue weighted by molar-refractivity contribution is -0.122. The van der Waals surface area contributed by atoms with E-state index in [0.29, 0.717) is 41.8 Å². The average molecular weight is 469 g/mol. The number of carbonyl (C=O) groups excluding carboxylic acids is 1. The smallest absolute Gasteiger partial charge is 0.265 e. The molecule has 0 radical (unpaired) electrons. The van der Waals surface area contributed by atoms with Crippen molar-refractivity contribution in [2.45, 2.75) is 24.3 Å². The largest absolute Gasteiger partial charge is 0.490 e. The van der Waals surface area contributed by atoms with Crippen LogP contribution >= 0.6 is 0 Å². The summed E-state index contributed by atoms with van der Waals surface area (Å²) in [6.07, 6.45) is 0.0275. The van der Waals surface area contributed by atoms with Crippen molar-refractivity contribution in [2.75, 3.05) is 23.3 Å². The standard InChI is InChI=1S/C24H24N2O6S/c1-17(32-20-6-3-2-4-7-20)24(27)25-18-8-10-19(11-9-18)26-33(28,29)21-12-13-22-23(16-21)31-15-5-14-30-22/h2-4,6-13,16-17,26H,5,14-15H2,1H3,(H,25,27). The number of para-hydroxylation sites is 1. The normalized spacial score (nSPS) is 14.0. The van der Waals surface area contributed by atoms with Gasteiger partial charge in [-0.25, -0.2) is 8.42 Å². The third-order valence-electron chi connectivity index (χ3n) is 4.86. The van der Waals surface area contributed by atoms with Gasteiger partial charge in [-0.1, -0.05) is 18.2 Å². The maximum absolute atomic E-state index is 12.8. The molecular weight excluding hydrogens is 444 g/mol. The van der Waals surface area contributed by atoms with Gasteiger partial charge in [-0.2, -0.15) is 0 Å². The molecule has 0 saturated heterocycles. The first-order valence-electron chi connectivity index (χ1n) is 10.5. The minimum atomic E-state index is -3.84. The third kappa shape index (κ3) is 5.75. The van der Waals surface area contributed by atoms with Crippen LogP contribution in [0.1, 0.15) is 13.3 Å². The molecule has 0 aliphatic carbocycles. The van der Waals surface area contributed by atoms with Crippen LogP contribution in [-0.2, 0) is 14.8 Å². The molecule has 1 heterocycles. The first kappa shape index (κ1) is 22.5. The zero-order valence-corrected chi connectivity index (χ0v) is 18.8. The van der Waals surface area contributed by atoms with E-state index in [9.17, 15) is 13.2 Å². The maximum Gasteiger partial charge on any atom is 0.265 e. The molecule has 1 atom stereocenters. The summed E-state index contributed by atoms with van der Waals surface area (Å²) in [6, 6.07) is 19.9. The van der Waals surface area contributed by atoms with Gasteiger partial charge in [-0.3, -0.25) is 9.52 Å². The van der Waals surface area contributed by atoms with Crippen molar-refractivity contribution in [3.8, 4) is 17.2 Å². The number of rotatable bonds is 7. The van der Waals surface area contributed by atoms with E-state index in [1.165, 1.54) is 12.1 Å². The molecule has 3 aromatic carbocycles. The van der Waals surface area contributed by atoms with Crippen molar-refractivity contribution in [1.29, 1.82) is 0 Å². The molecule has 4 rings (SSSR count). The van der Waals surface area contributed by atoms with E-state index < -0.39 is 16.1 Å². The lowest BCUT2D eigenvalue weighted by atomic mass is 10.2. The predicted molar refractivity (Wildman–Crippen MR) is 124 cm³/mol. The molecule has 0 bridgehead atoms. The van der Waals surface area contributed by atoms with Crippen molar-refractivity contribution in [3.05, 3.63) is 72.8 Å². The summed E-state index contributed by atoms with van der Waals surface area (Å²) in [6.45, 7) is 2.64. The van der Waals surface area contributed by atoms with Crippen LogP contribution in [0.15, 0.2) is 77.7 Å². The minimum Gasteiger partial charge on any atom is -0.490 e.